The summed E-state index contributed by atoms with van der Waals surface area (Å²) in [4.78, 5) is 11.2. The molecule has 0 bridgehead atoms. The van der Waals surface area contributed by atoms with Gasteiger partial charge in [-0.25, -0.2) is 0 Å². The number of carboxylic acid groups (broad SMARTS) is 1. The molecule has 1 unspecified atom stereocenters. The van der Waals surface area contributed by atoms with Gasteiger partial charge in [0, 0.05) is 0 Å². The van der Waals surface area contributed by atoms with E-state index >= 15 is 0 Å². The van der Waals surface area contributed by atoms with Gasteiger partial charge in [-0.2, -0.15) is 0 Å². The normalized spacial score (nSPS) is 12.8. The second-order valence-electron chi connectivity index (χ2n) is 4.17. The van der Waals surface area contributed by atoms with E-state index in [9.17, 15) is 15.0 Å². The van der Waals surface area contributed by atoms with E-state index in [0.29, 0.717) is 4.47 Å². The van der Waals surface area contributed by atoms with Crippen LogP contribution in [0.15, 0.2) is 16.6 Å². The number of halogens is 1. The molecule has 1 rings (SSSR count). The van der Waals surface area contributed by atoms with Crippen molar-refractivity contribution in [3.05, 3.63) is 27.7 Å². The van der Waals surface area contributed by atoms with E-state index in [1.165, 1.54) is 6.07 Å². The lowest BCUT2D eigenvalue weighted by molar-refractivity contribution is -0.139. The molecule has 0 amide bonds. The summed E-state index contributed by atoms with van der Waals surface area (Å²) < 4.78 is 0.567. The fourth-order valence-corrected chi connectivity index (χ4v) is 2.16. The Morgan fingerprint density at radius 1 is 1.38 bits per heavy atom. The minimum atomic E-state index is -0.837. The highest BCUT2D eigenvalue weighted by Crippen LogP contribution is 2.35. The number of aliphatic carboxylic acids is 1. The van der Waals surface area contributed by atoms with Gasteiger partial charge in [-0.15, -0.1) is 0 Å². The van der Waals surface area contributed by atoms with Crippen LogP contribution >= 0.6 is 15.9 Å². The molecule has 3 nitrogen and oxygen atoms in total. The van der Waals surface area contributed by atoms with Gasteiger partial charge < -0.3 is 10.2 Å². The van der Waals surface area contributed by atoms with Gasteiger partial charge in [-0.1, -0.05) is 19.9 Å². The molecule has 0 saturated heterocycles. The molecule has 16 heavy (non-hydrogen) atoms. The highest BCUT2D eigenvalue weighted by molar-refractivity contribution is 9.10. The third-order valence-corrected chi connectivity index (χ3v) is 3.68. The molecule has 0 spiro atoms. The number of phenols is 1. The molecule has 0 aliphatic rings. The van der Waals surface area contributed by atoms with Gasteiger partial charge in [-0.3, -0.25) is 4.79 Å². The molecule has 1 aromatic rings. The van der Waals surface area contributed by atoms with Crippen LogP contribution in [0.25, 0.3) is 0 Å². The first kappa shape index (κ1) is 13.0. The van der Waals surface area contributed by atoms with Gasteiger partial charge in [0.2, 0.25) is 0 Å². The Balaban J connectivity index is 3.31. The van der Waals surface area contributed by atoms with Crippen LogP contribution in [0.5, 0.6) is 5.75 Å². The van der Waals surface area contributed by atoms with E-state index in [-0.39, 0.29) is 11.7 Å². The lowest BCUT2D eigenvalue weighted by Gasteiger charge is -2.19. The molecule has 0 aromatic heterocycles. The summed E-state index contributed by atoms with van der Waals surface area (Å²) in [6.07, 6.45) is 0. The number of carbonyl (C=O) groups is 1. The zero-order chi connectivity index (χ0) is 12.5. The Labute approximate surface area is 103 Å². The highest BCUT2D eigenvalue weighted by atomic mass is 79.9. The minimum Gasteiger partial charge on any atom is -0.507 e. The molecule has 0 radical (unpaired) electrons. The van der Waals surface area contributed by atoms with Gasteiger partial charge in [0.05, 0.1) is 10.4 Å². The number of carboxylic acids is 1. The Bertz CT molecular complexity index is 413. The Morgan fingerprint density at radius 2 is 1.94 bits per heavy atom. The molecule has 2 N–H and O–H groups in total. The van der Waals surface area contributed by atoms with Crippen molar-refractivity contribution in [3.63, 3.8) is 0 Å². The van der Waals surface area contributed by atoms with Crippen molar-refractivity contribution in [1.82, 2.24) is 0 Å². The van der Waals surface area contributed by atoms with Crippen LogP contribution in [-0.4, -0.2) is 16.2 Å². The van der Waals surface area contributed by atoms with Crippen LogP contribution < -0.4 is 0 Å². The second kappa shape index (κ2) is 4.87. The quantitative estimate of drug-likeness (QED) is 0.896. The van der Waals surface area contributed by atoms with E-state index in [1.54, 1.807) is 13.0 Å². The van der Waals surface area contributed by atoms with Crippen LogP contribution in [0.4, 0.5) is 0 Å². The van der Waals surface area contributed by atoms with Crippen molar-refractivity contribution < 1.29 is 15.0 Å². The first-order chi connectivity index (χ1) is 7.36. The number of benzene rings is 1. The standard InChI is InChI=1S/C12H15BrO3/c1-6(2)10(12(15)16)8-4-5-9(14)11(13)7(8)3/h4-6,10,14H,1-3H3,(H,15,16). The van der Waals surface area contributed by atoms with Gasteiger partial charge in [-0.05, 0) is 46.0 Å². The molecule has 88 valence electrons. The smallest absolute Gasteiger partial charge is 0.311 e. The molecule has 0 fully saturated rings. The van der Waals surface area contributed by atoms with E-state index in [4.69, 9.17) is 0 Å². The van der Waals surface area contributed by atoms with Gasteiger partial charge in [0.1, 0.15) is 5.75 Å². The average molecular weight is 287 g/mol. The summed E-state index contributed by atoms with van der Waals surface area (Å²) in [5.74, 6) is -1.24. The molecule has 0 heterocycles. The summed E-state index contributed by atoms with van der Waals surface area (Å²) in [7, 11) is 0. The van der Waals surface area contributed by atoms with Crippen molar-refractivity contribution in [3.8, 4) is 5.75 Å². The molecular formula is C12H15BrO3. The summed E-state index contributed by atoms with van der Waals surface area (Å²) >= 11 is 3.25. The monoisotopic (exact) mass is 286 g/mol. The molecule has 0 aliphatic carbocycles. The van der Waals surface area contributed by atoms with Crippen LogP contribution in [0.3, 0.4) is 0 Å². The largest absolute Gasteiger partial charge is 0.507 e. The second-order valence-corrected chi connectivity index (χ2v) is 4.97. The lowest BCUT2D eigenvalue weighted by Crippen LogP contribution is -2.18. The van der Waals surface area contributed by atoms with E-state index in [1.807, 2.05) is 13.8 Å². The third kappa shape index (κ3) is 2.38. The van der Waals surface area contributed by atoms with Crippen LogP contribution in [0, 0.1) is 12.8 Å². The Morgan fingerprint density at radius 3 is 2.38 bits per heavy atom. The highest BCUT2D eigenvalue weighted by Gasteiger charge is 2.26. The maximum atomic E-state index is 11.2. The lowest BCUT2D eigenvalue weighted by atomic mass is 9.86. The van der Waals surface area contributed by atoms with Gasteiger partial charge in [0.25, 0.3) is 0 Å². The van der Waals surface area contributed by atoms with E-state index in [0.717, 1.165) is 11.1 Å². The fourth-order valence-electron chi connectivity index (χ4n) is 1.80. The minimum absolute atomic E-state index is 0.00708. The maximum Gasteiger partial charge on any atom is 0.311 e. The first-order valence-electron chi connectivity index (χ1n) is 5.07. The van der Waals surface area contributed by atoms with Gasteiger partial charge >= 0.3 is 5.97 Å². The van der Waals surface area contributed by atoms with Crippen molar-refractivity contribution in [2.75, 3.05) is 0 Å². The summed E-state index contributed by atoms with van der Waals surface area (Å²) in [5, 5.41) is 18.7. The predicted octanol–water partition coefficient (Wildman–Crippen LogP) is 3.29. The van der Waals surface area contributed by atoms with Crippen molar-refractivity contribution in [1.29, 1.82) is 0 Å². The molecule has 4 heteroatoms. The summed E-state index contributed by atoms with van der Waals surface area (Å²) in [6.45, 7) is 5.55. The van der Waals surface area contributed by atoms with Crippen LogP contribution in [-0.2, 0) is 4.79 Å². The first-order valence-corrected chi connectivity index (χ1v) is 5.86. The number of hydrogen-bond acceptors (Lipinski definition) is 2. The summed E-state index contributed by atoms with van der Waals surface area (Å²) in [6, 6.07) is 3.19. The van der Waals surface area contributed by atoms with E-state index in [2.05, 4.69) is 15.9 Å². The zero-order valence-electron chi connectivity index (χ0n) is 9.49. The van der Waals surface area contributed by atoms with Crippen molar-refractivity contribution in [2.24, 2.45) is 5.92 Å². The molecule has 0 aliphatic heterocycles. The predicted molar refractivity (Wildman–Crippen MR) is 65.8 cm³/mol. The molecule has 0 saturated carbocycles. The molecule has 1 aromatic carbocycles. The molecule has 1 atom stereocenters. The van der Waals surface area contributed by atoms with Crippen molar-refractivity contribution >= 4 is 21.9 Å². The number of aromatic hydroxyl groups is 1. The Kier molecular flexibility index (Phi) is 3.97. The maximum absolute atomic E-state index is 11.2. The average Bonchev–Trinajstić information content (AvgIpc) is 2.17. The van der Waals surface area contributed by atoms with Crippen LogP contribution in [0.2, 0.25) is 0 Å². The molecular weight excluding hydrogens is 272 g/mol. The zero-order valence-corrected chi connectivity index (χ0v) is 11.1. The topological polar surface area (TPSA) is 57.5 Å². The summed E-state index contributed by atoms with van der Waals surface area (Å²) in [5.41, 5.74) is 1.52. The van der Waals surface area contributed by atoms with Gasteiger partial charge in [0.15, 0.2) is 0 Å². The number of phenolic OH excluding ortho intramolecular Hbond substituents is 1. The number of hydrogen-bond donors (Lipinski definition) is 2. The van der Waals surface area contributed by atoms with E-state index < -0.39 is 11.9 Å². The Hall–Kier alpha value is -1.03. The fraction of sp³-hybridized carbons (Fsp3) is 0.417. The SMILES string of the molecule is Cc1c(C(C(=O)O)C(C)C)ccc(O)c1Br. The van der Waals surface area contributed by atoms with Crippen molar-refractivity contribution in [2.45, 2.75) is 26.7 Å². The van der Waals surface area contributed by atoms with Crippen LogP contribution in [0.1, 0.15) is 30.9 Å². The third-order valence-electron chi connectivity index (χ3n) is 2.68. The number of rotatable bonds is 3.